The fourth-order valence-corrected chi connectivity index (χ4v) is 4.06. The van der Waals surface area contributed by atoms with E-state index in [0.29, 0.717) is 29.5 Å². The zero-order chi connectivity index (χ0) is 21.4. The number of nitrogens with one attached hydrogen (secondary N) is 2. The second-order valence-corrected chi connectivity index (χ2v) is 8.53. The van der Waals surface area contributed by atoms with Crippen molar-refractivity contribution in [3.63, 3.8) is 0 Å². The molecule has 158 valence electrons. The van der Waals surface area contributed by atoms with Crippen LogP contribution < -0.4 is 14.9 Å². The maximum absolute atomic E-state index is 12.5. The van der Waals surface area contributed by atoms with Crippen molar-refractivity contribution in [2.45, 2.75) is 31.1 Å². The van der Waals surface area contributed by atoms with E-state index >= 15 is 0 Å². The van der Waals surface area contributed by atoms with E-state index in [4.69, 9.17) is 4.74 Å². The average molecular weight is 428 g/mol. The molecule has 0 aliphatic heterocycles. The normalized spacial score (nSPS) is 16.4. The third kappa shape index (κ3) is 5.93. The molecule has 1 aliphatic rings. The van der Waals surface area contributed by atoms with Gasteiger partial charge in [-0.25, -0.2) is 13.8 Å². The Kier molecular flexibility index (Phi) is 7.24. The van der Waals surface area contributed by atoms with Gasteiger partial charge < -0.3 is 4.74 Å². The Morgan fingerprint density at radius 2 is 1.87 bits per heavy atom. The summed E-state index contributed by atoms with van der Waals surface area (Å²) in [6.07, 6.45) is 9.02. The van der Waals surface area contributed by atoms with Crippen LogP contribution in [0.5, 0.6) is 5.75 Å². The van der Waals surface area contributed by atoms with Crippen molar-refractivity contribution in [1.82, 2.24) is 5.43 Å². The first-order chi connectivity index (χ1) is 14.5. The number of nitrogens with zero attached hydrogens (tertiary/aromatic N) is 1. The summed E-state index contributed by atoms with van der Waals surface area (Å²) in [5, 5.41) is 4.03. The van der Waals surface area contributed by atoms with Gasteiger partial charge in [0.1, 0.15) is 5.75 Å². The minimum atomic E-state index is -3.74. The molecule has 2 aromatic rings. The molecule has 0 saturated heterocycles. The molecule has 3 rings (SSSR count). The molecule has 2 N–H and O–H groups in total. The Hall–Kier alpha value is -3.13. The third-order valence-electron chi connectivity index (χ3n) is 4.61. The van der Waals surface area contributed by atoms with Crippen molar-refractivity contribution >= 4 is 27.8 Å². The van der Waals surface area contributed by atoms with Crippen LogP contribution in [0.4, 0.5) is 5.69 Å². The molecular weight excluding hydrogens is 402 g/mol. The van der Waals surface area contributed by atoms with Crippen molar-refractivity contribution in [3.05, 3.63) is 66.2 Å². The molecule has 0 saturated carbocycles. The first kappa shape index (κ1) is 21.6. The lowest BCUT2D eigenvalue weighted by atomic mass is 9.96. The lowest BCUT2D eigenvalue weighted by Gasteiger charge is -2.12. The van der Waals surface area contributed by atoms with E-state index in [0.717, 1.165) is 19.3 Å². The fourth-order valence-electron chi connectivity index (χ4n) is 3.00. The zero-order valence-corrected chi connectivity index (χ0v) is 17.6. The summed E-state index contributed by atoms with van der Waals surface area (Å²) in [7, 11) is -3.74. The molecule has 7 nitrogen and oxygen atoms in total. The molecule has 0 radical (unpaired) electrons. The number of rotatable bonds is 8. The maximum atomic E-state index is 12.5. The molecule has 0 aromatic heterocycles. The smallest absolute Gasteiger partial charge is 0.271 e. The van der Waals surface area contributed by atoms with Crippen LogP contribution in [0, 0.1) is 5.92 Å². The Balaban J connectivity index is 1.58. The molecule has 0 fully saturated rings. The third-order valence-corrected chi connectivity index (χ3v) is 6.00. The van der Waals surface area contributed by atoms with Gasteiger partial charge in [-0.15, -0.1) is 0 Å². The van der Waals surface area contributed by atoms with Crippen LogP contribution >= 0.6 is 0 Å². The summed E-state index contributed by atoms with van der Waals surface area (Å²) >= 11 is 0. The molecule has 1 unspecified atom stereocenters. The van der Waals surface area contributed by atoms with Gasteiger partial charge in [0, 0.05) is 17.5 Å². The van der Waals surface area contributed by atoms with Crippen LogP contribution in [0.3, 0.4) is 0 Å². The average Bonchev–Trinajstić information content (AvgIpc) is 2.75. The highest BCUT2D eigenvalue weighted by Crippen LogP contribution is 2.20. The molecule has 0 spiro atoms. The van der Waals surface area contributed by atoms with Crippen LogP contribution in [0.1, 0.15) is 36.5 Å². The Morgan fingerprint density at radius 3 is 2.50 bits per heavy atom. The number of amides is 1. The Morgan fingerprint density at radius 1 is 1.13 bits per heavy atom. The maximum Gasteiger partial charge on any atom is 0.271 e. The monoisotopic (exact) mass is 427 g/mol. The highest BCUT2D eigenvalue weighted by Gasteiger charge is 2.15. The van der Waals surface area contributed by atoms with Gasteiger partial charge in [-0.1, -0.05) is 12.2 Å². The first-order valence-electron chi connectivity index (χ1n) is 9.82. The Bertz CT molecular complexity index is 1010. The van der Waals surface area contributed by atoms with Gasteiger partial charge in [0.25, 0.3) is 15.9 Å². The van der Waals surface area contributed by atoms with Crippen LogP contribution in [-0.4, -0.2) is 27.1 Å². The van der Waals surface area contributed by atoms with Crippen molar-refractivity contribution in [2.24, 2.45) is 11.0 Å². The van der Waals surface area contributed by atoms with Crippen LogP contribution in [-0.2, 0) is 10.0 Å². The van der Waals surface area contributed by atoms with Gasteiger partial charge in [-0.2, -0.15) is 5.10 Å². The number of sulfonamides is 1. The first-order valence-corrected chi connectivity index (χ1v) is 11.3. The molecule has 1 atom stereocenters. The van der Waals surface area contributed by atoms with Crippen molar-refractivity contribution in [1.29, 1.82) is 0 Å². The molecule has 2 aromatic carbocycles. The Labute approximate surface area is 176 Å². The van der Waals surface area contributed by atoms with E-state index < -0.39 is 10.0 Å². The molecule has 1 amide bonds. The number of carbonyl (C=O) groups excluding carboxylic acids is 1. The summed E-state index contributed by atoms with van der Waals surface area (Å²) < 4.78 is 32.9. The van der Waals surface area contributed by atoms with Crippen LogP contribution in [0.2, 0.25) is 0 Å². The van der Waals surface area contributed by atoms with Crippen molar-refractivity contribution in [3.8, 4) is 5.75 Å². The standard InChI is InChI=1S/C22H25N3O4S/c1-2-29-20-12-14-21(15-13-20)30(27,28)25-19-10-8-18(9-11-19)22(26)24-23-16-17-6-4-3-5-7-17/h3-4,8-17,25H,2,5-7H2,1H3,(H,24,26). The van der Waals surface area contributed by atoms with Gasteiger partial charge in [0.2, 0.25) is 0 Å². The van der Waals surface area contributed by atoms with Crippen molar-refractivity contribution in [2.75, 3.05) is 11.3 Å². The van der Waals surface area contributed by atoms with E-state index in [1.807, 2.05) is 6.92 Å². The van der Waals surface area contributed by atoms with Crippen molar-refractivity contribution < 1.29 is 17.9 Å². The fraction of sp³-hybridized carbons (Fsp3) is 0.273. The molecule has 30 heavy (non-hydrogen) atoms. The molecule has 0 heterocycles. The topological polar surface area (TPSA) is 96.9 Å². The van der Waals surface area contributed by atoms with E-state index in [9.17, 15) is 13.2 Å². The lowest BCUT2D eigenvalue weighted by molar-refractivity contribution is 0.0955. The number of benzene rings is 2. The minimum Gasteiger partial charge on any atom is -0.494 e. The molecule has 1 aliphatic carbocycles. The van der Waals surface area contributed by atoms with E-state index in [-0.39, 0.29) is 10.8 Å². The van der Waals surface area contributed by atoms with Gasteiger partial charge in [0.15, 0.2) is 0 Å². The van der Waals surface area contributed by atoms with Gasteiger partial charge in [-0.05, 0) is 80.6 Å². The number of hydrogen-bond acceptors (Lipinski definition) is 5. The summed E-state index contributed by atoms with van der Waals surface area (Å²) in [5.74, 6) is 0.600. The SMILES string of the molecule is CCOc1ccc(S(=O)(=O)Nc2ccc(C(=O)NN=CC3CC=CCC3)cc2)cc1. The largest absolute Gasteiger partial charge is 0.494 e. The quantitative estimate of drug-likeness (QED) is 0.379. The van der Waals surface area contributed by atoms with E-state index in [1.165, 1.54) is 24.3 Å². The van der Waals surface area contributed by atoms with E-state index in [1.54, 1.807) is 30.5 Å². The highest BCUT2D eigenvalue weighted by molar-refractivity contribution is 7.92. The van der Waals surface area contributed by atoms with Gasteiger partial charge in [0.05, 0.1) is 11.5 Å². The number of hydrogen-bond donors (Lipinski definition) is 2. The predicted molar refractivity (Wildman–Crippen MR) is 117 cm³/mol. The highest BCUT2D eigenvalue weighted by atomic mass is 32.2. The summed E-state index contributed by atoms with van der Waals surface area (Å²) in [6.45, 7) is 2.37. The predicted octanol–water partition coefficient (Wildman–Crippen LogP) is 3.96. The lowest BCUT2D eigenvalue weighted by Crippen LogP contribution is -2.19. The van der Waals surface area contributed by atoms with E-state index in [2.05, 4.69) is 27.4 Å². The summed E-state index contributed by atoms with van der Waals surface area (Å²) in [4.78, 5) is 12.3. The van der Waals surface area contributed by atoms with Gasteiger partial charge in [-0.3, -0.25) is 9.52 Å². The second kappa shape index (κ2) is 10.1. The summed E-state index contributed by atoms with van der Waals surface area (Å²) in [6, 6.07) is 12.3. The molecule has 0 bridgehead atoms. The number of allylic oxidation sites excluding steroid dienone is 2. The van der Waals surface area contributed by atoms with Crippen LogP contribution in [0.15, 0.2) is 70.7 Å². The minimum absolute atomic E-state index is 0.125. The summed E-state index contributed by atoms with van der Waals surface area (Å²) in [5.41, 5.74) is 3.26. The number of anilines is 1. The van der Waals surface area contributed by atoms with Gasteiger partial charge >= 0.3 is 0 Å². The van der Waals surface area contributed by atoms with Crippen LogP contribution in [0.25, 0.3) is 0 Å². The number of hydrazone groups is 1. The zero-order valence-electron chi connectivity index (χ0n) is 16.7. The molecule has 8 heteroatoms. The number of ether oxygens (including phenoxy) is 1. The second-order valence-electron chi connectivity index (χ2n) is 6.85. The molecular formula is C22H25N3O4S. The number of carbonyl (C=O) groups is 1.